The Bertz CT molecular complexity index is 355. The second kappa shape index (κ2) is 5.73. The Morgan fingerprint density at radius 3 is 2.86 bits per heavy atom. The summed E-state index contributed by atoms with van der Waals surface area (Å²) < 4.78 is 5.16. The first-order valence-corrected chi connectivity index (χ1v) is 3.83. The van der Waals surface area contributed by atoms with Crippen LogP contribution in [0.5, 0.6) is 5.75 Å². The van der Waals surface area contributed by atoms with E-state index in [0.717, 1.165) is 5.56 Å². The summed E-state index contributed by atoms with van der Waals surface area (Å²) >= 11 is 0. The molecule has 4 nitrogen and oxygen atoms in total. The van der Waals surface area contributed by atoms with Gasteiger partial charge >= 0.3 is 0 Å². The lowest BCUT2D eigenvalue weighted by Crippen LogP contribution is -2.55. The minimum absolute atomic E-state index is 0. The molecule has 0 aliphatic rings. The van der Waals surface area contributed by atoms with Crippen molar-refractivity contribution in [1.29, 1.82) is 0 Å². The van der Waals surface area contributed by atoms with Crippen molar-refractivity contribution in [3.63, 3.8) is 0 Å². The zero-order chi connectivity index (χ0) is 9.68. The monoisotopic (exact) mass is 193 g/mol. The molecule has 0 saturated carbocycles. The third-order valence-electron chi connectivity index (χ3n) is 1.56. The van der Waals surface area contributed by atoms with E-state index in [9.17, 15) is 4.91 Å². The molecule has 0 fully saturated rings. The first-order chi connectivity index (χ1) is 6.27. The molecule has 0 unspecified atom stereocenters. The summed E-state index contributed by atoms with van der Waals surface area (Å²) in [5, 5.41) is 1.79. The average molecular weight is 193 g/mol. The molecule has 0 heterocycles. The topological polar surface area (TPSA) is 70.3 Å². The molecule has 1 aromatic carbocycles. The molecule has 2 N–H and O–H groups in total. The molecule has 1 rings (SSSR count). The summed E-state index contributed by atoms with van der Waals surface area (Å²) in [5.41, 5.74) is 1.42. The Labute approximate surface area is 82.2 Å². The highest BCUT2D eigenvalue weighted by atomic mass is 16.5. The number of hydrogen-bond acceptors (Lipinski definition) is 3. The van der Waals surface area contributed by atoms with E-state index in [1.807, 2.05) is 13.0 Å². The van der Waals surface area contributed by atoms with Crippen LogP contribution >= 0.6 is 0 Å². The van der Waals surface area contributed by atoms with Crippen LogP contribution < -0.4 is 9.91 Å². The SMILES string of the molecule is C#CCOc1cc(C)ccc1[NH+]=O.[OH-]. The lowest BCUT2D eigenvalue weighted by Gasteiger charge is -2.01. The number of nitroso groups, excluding NO2 is 1. The Hall–Kier alpha value is -1.86. The molecular formula is C10H11NO3. The first kappa shape index (κ1) is 12.1. The van der Waals surface area contributed by atoms with Crippen molar-refractivity contribution >= 4 is 5.69 Å². The van der Waals surface area contributed by atoms with Gasteiger partial charge in [-0.2, -0.15) is 0 Å². The minimum atomic E-state index is 0. The van der Waals surface area contributed by atoms with Crippen LogP contribution in [0.1, 0.15) is 5.56 Å². The maximum Gasteiger partial charge on any atom is 0.294 e. The quantitative estimate of drug-likeness (QED) is 0.702. The van der Waals surface area contributed by atoms with E-state index in [4.69, 9.17) is 11.2 Å². The van der Waals surface area contributed by atoms with E-state index < -0.39 is 0 Å². The molecule has 0 radical (unpaired) electrons. The minimum Gasteiger partial charge on any atom is -0.870 e. The van der Waals surface area contributed by atoms with Crippen LogP contribution in [0.25, 0.3) is 0 Å². The van der Waals surface area contributed by atoms with E-state index in [2.05, 4.69) is 5.92 Å². The van der Waals surface area contributed by atoms with Crippen molar-refractivity contribution in [2.24, 2.45) is 0 Å². The Balaban J connectivity index is 0.00000169. The number of ether oxygens (including phenoxy) is 1. The number of rotatable bonds is 3. The predicted octanol–water partition coefficient (Wildman–Crippen LogP) is 0.309. The summed E-state index contributed by atoms with van der Waals surface area (Å²) in [6, 6.07) is 5.24. The number of benzene rings is 1. The zero-order valence-electron chi connectivity index (χ0n) is 7.78. The third kappa shape index (κ3) is 2.88. The van der Waals surface area contributed by atoms with Gasteiger partial charge in [-0.3, -0.25) is 0 Å². The summed E-state index contributed by atoms with van der Waals surface area (Å²) in [7, 11) is 0. The van der Waals surface area contributed by atoms with Gasteiger partial charge in [0, 0.05) is 16.2 Å². The van der Waals surface area contributed by atoms with E-state index in [1.165, 1.54) is 0 Å². The van der Waals surface area contributed by atoms with Crippen molar-refractivity contribution in [3.05, 3.63) is 28.7 Å². The third-order valence-corrected chi connectivity index (χ3v) is 1.56. The van der Waals surface area contributed by atoms with Crippen molar-refractivity contribution in [2.75, 3.05) is 6.61 Å². The Morgan fingerprint density at radius 1 is 1.57 bits per heavy atom. The Morgan fingerprint density at radius 2 is 2.29 bits per heavy atom. The molecule has 0 spiro atoms. The summed E-state index contributed by atoms with van der Waals surface area (Å²) in [6.07, 6.45) is 5.03. The molecule has 0 aromatic heterocycles. The van der Waals surface area contributed by atoms with Crippen LogP contribution in [-0.2, 0) is 0 Å². The standard InChI is InChI=1S/C10H9NO2.H2O/c1-3-6-13-10-7-8(2)4-5-9(10)11-12;/h1,4-5,7H,6H2,2H3;1H2. The first-order valence-electron chi connectivity index (χ1n) is 3.83. The average Bonchev–Trinajstić information content (AvgIpc) is 2.15. The molecule has 0 amide bonds. The molecule has 0 atom stereocenters. The van der Waals surface area contributed by atoms with Crippen molar-refractivity contribution < 1.29 is 15.4 Å². The van der Waals surface area contributed by atoms with Crippen LogP contribution in [-0.4, -0.2) is 12.1 Å². The maximum absolute atomic E-state index is 10.4. The Kier molecular flexibility index (Phi) is 4.97. The van der Waals surface area contributed by atoms with Crippen molar-refractivity contribution in [2.45, 2.75) is 6.92 Å². The maximum atomic E-state index is 10.4. The van der Waals surface area contributed by atoms with Gasteiger partial charge in [-0.05, 0) is 18.6 Å². The largest absolute Gasteiger partial charge is 0.870 e. The fourth-order valence-corrected chi connectivity index (χ4v) is 0.953. The van der Waals surface area contributed by atoms with Crippen molar-refractivity contribution in [1.82, 2.24) is 0 Å². The molecule has 0 saturated heterocycles. The van der Waals surface area contributed by atoms with E-state index >= 15 is 0 Å². The fraction of sp³-hybridized carbons (Fsp3) is 0.200. The number of hydrogen-bond donors (Lipinski definition) is 1. The highest BCUT2D eigenvalue weighted by molar-refractivity contribution is 5.47. The predicted molar refractivity (Wildman–Crippen MR) is 51.4 cm³/mol. The van der Waals surface area contributed by atoms with Gasteiger partial charge in [0.05, 0.1) is 0 Å². The summed E-state index contributed by atoms with van der Waals surface area (Å²) in [4.78, 5) is 10.4. The highest BCUT2D eigenvalue weighted by Gasteiger charge is 2.08. The molecule has 0 aliphatic heterocycles. The number of nitrogens with one attached hydrogen (secondary N) is 1. The van der Waals surface area contributed by atoms with E-state index in [0.29, 0.717) is 11.4 Å². The number of aryl methyl sites for hydroxylation is 1. The van der Waals surface area contributed by atoms with Gasteiger partial charge in [-0.25, -0.2) is 0 Å². The van der Waals surface area contributed by atoms with E-state index in [1.54, 1.807) is 17.3 Å². The second-order valence-corrected chi connectivity index (χ2v) is 2.59. The fourth-order valence-electron chi connectivity index (χ4n) is 0.953. The van der Waals surface area contributed by atoms with Gasteiger partial charge in [-0.1, -0.05) is 12.0 Å². The normalized spacial score (nSPS) is 8.29. The zero-order valence-corrected chi connectivity index (χ0v) is 7.78. The highest BCUT2D eigenvalue weighted by Crippen LogP contribution is 2.20. The van der Waals surface area contributed by atoms with Crippen LogP contribution in [0.3, 0.4) is 0 Å². The molecule has 0 aliphatic carbocycles. The summed E-state index contributed by atoms with van der Waals surface area (Å²) in [5.74, 6) is 2.83. The smallest absolute Gasteiger partial charge is 0.294 e. The molecule has 0 bridgehead atoms. The van der Waals surface area contributed by atoms with Crippen LogP contribution in [0.4, 0.5) is 5.69 Å². The van der Waals surface area contributed by atoms with Crippen LogP contribution in [0, 0.1) is 24.2 Å². The lowest BCUT2D eigenvalue weighted by atomic mass is 10.2. The molecule has 74 valence electrons. The molecule has 14 heavy (non-hydrogen) atoms. The van der Waals surface area contributed by atoms with Gasteiger partial charge in [0.2, 0.25) is 0 Å². The molecule has 1 aromatic rings. The molecular weight excluding hydrogens is 182 g/mol. The number of terminal acetylenes is 1. The van der Waals surface area contributed by atoms with Gasteiger partial charge in [0.25, 0.3) is 5.69 Å². The van der Waals surface area contributed by atoms with Crippen LogP contribution in [0.2, 0.25) is 0 Å². The van der Waals surface area contributed by atoms with Crippen LogP contribution in [0.15, 0.2) is 18.2 Å². The van der Waals surface area contributed by atoms with E-state index in [-0.39, 0.29) is 12.1 Å². The van der Waals surface area contributed by atoms with Gasteiger partial charge in [0.1, 0.15) is 6.61 Å². The van der Waals surface area contributed by atoms with Gasteiger partial charge in [-0.15, -0.1) is 6.42 Å². The van der Waals surface area contributed by atoms with Gasteiger partial charge in [0.15, 0.2) is 5.75 Å². The lowest BCUT2D eigenvalue weighted by molar-refractivity contribution is -0.380. The second-order valence-electron chi connectivity index (χ2n) is 2.59. The van der Waals surface area contributed by atoms with Gasteiger partial charge < -0.3 is 10.2 Å². The summed E-state index contributed by atoms with van der Waals surface area (Å²) in [6.45, 7) is 2.08. The van der Waals surface area contributed by atoms with Crippen molar-refractivity contribution in [3.8, 4) is 18.1 Å². The molecule has 4 heteroatoms.